The Morgan fingerprint density at radius 2 is 1.77 bits per heavy atom. The monoisotopic (exact) mass is 500 g/mol. The van der Waals surface area contributed by atoms with Crippen LogP contribution in [0.2, 0.25) is 5.02 Å². The summed E-state index contributed by atoms with van der Waals surface area (Å²) in [4.78, 5) is 18.1. The standard InChI is InChI=1S/C29H35ClF2N2O/c1-18-13-19-7-8-29(24(19)15-25(18)30)9-11-33(12-10-29)27(35)23-17-34(28(2,3)4)16-22(23)21-6-5-20(31)14-26(21)32/h5-6,13-15,22-23H,7-12,16-17H2,1-4H3/t22-,23+/m0/s1. The van der Waals surface area contributed by atoms with E-state index in [1.165, 1.54) is 23.3 Å². The maximum atomic E-state index is 14.8. The molecule has 0 unspecified atom stereocenters. The lowest BCUT2D eigenvalue weighted by atomic mass is 9.73. The lowest BCUT2D eigenvalue weighted by Crippen LogP contribution is -2.48. The van der Waals surface area contributed by atoms with Gasteiger partial charge >= 0.3 is 0 Å². The molecule has 6 heteroatoms. The van der Waals surface area contributed by atoms with Gasteiger partial charge in [-0.2, -0.15) is 0 Å². The first-order chi connectivity index (χ1) is 16.5. The number of aryl methyl sites for hydroxylation is 2. The van der Waals surface area contributed by atoms with Crippen LogP contribution in [-0.2, 0) is 16.6 Å². The number of hydrogen-bond donors (Lipinski definition) is 0. The van der Waals surface area contributed by atoms with E-state index in [9.17, 15) is 13.6 Å². The summed E-state index contributed by atoms with van der Waals surface area (Å²) in [5.41, 5.74) is 4.29. The first-order valence-electron chi connectivity index (χ1n) is 12.8. The van der Waals surface area contributed by atoms with E-state index >= 15 is 0 Å². The average Bonchev–Trinajstić information content (AvgIpc) is 3.38. The maximum absolute atomic E-state index is 14.8. The SMILES string of the molecule is Cc1cc2c(cc1Cl)C1(CC2)CCN(C(=O)[C@@H]2CN(C(C)(C)C)C[C@H]2c2ccc(F)cc2F)CC1. The molecule has 2 heterocycles. The summed E-state index contributed by atoms with van der Waals surface area (Å²) in [7, 11) is 0. The Hall–Kier alpha value is -1.98. The number of rotatable bonds is 2. The number of hydrogen-bond acceptors (Lipinski definition) is 2. The normalized spacial score (nSPS) is 24.3. The zero-order valence-corrected chi connectivity index (χ0v) is 21.9. The fraction of sp³-hybridized carbons (Fsp3) is 0.552. The molecule has 2 aromatic rings. The van der Waals surface area contributed by atoms with Crippen LogP contribution in [-0.4, -0.2) is 47.4 Å². The molecule has 0 N–H and O–H groups in total. The number of carbonyl (C=O) groups excluding carboxylic acids is 1. The molecule has 1 spiro atoms. The van der Waals surface area contributed by atoms with Gasteiger partial charge in [-0.3, -0.25) is 9.69 Å². The molecule has 2 fully saturated rings. The van der Waals surface area contributed by atoms with Gasteiger partial charge in [0.1, 0.15) is 11.6 Å². The third-order valence-corrected chi connectivity index (χ3v) is 9.22. The molecular weight excluding hydrogens is 466 g/mol. The predicted octanol–water partition coefficient (Wildman–Crippen LogP) is 6.25. The van der Waals surface area contributed by atoms with Gasteiger partial charge in [0.2, 0.25) is 5.91 Å². The molecule has 2 aliphatic heterocycles. The van der Waals surface area contributed by atoms with Crippen molar-refractivity contribution in [1.82, 2.24) is 9.80 Å². The van der Waals surface area contributed by atoms with Crippen LogP contribution in [0.25, 0.3) is 0 Å². The Morgan fingerprint density at radius 3 is 2.43 bits per heavy atom. The minimum absolute atomic E-state index is 0.0963. The van der Waals surface area contributed by atoms with Crippen molar-refractivity contribution in [3.05, 3.63) is 69.2 Å². The van der Waals surface area contributed by atoms with Crippen molar-refractivity contribution in [3.8, 4) is 0 Å². The molecule has 2 aromatic carbocycles. The van der Waals surface area contributed by atoms with Crippen LogP contribution in [0, 0.1) is 24.5 Å². The summed E-state index contributed by atoms with van der Waals surface area (Å²) in [5.74, 6) is -1.67. The molecular formula is C29H35ClF2N2O. The molecule has 188 valence electrons. The molecule has 1 aliphatic carbocycles. The molecule has 3 aliphatic rings. The lowest BCUT2D eigenvalue weighted by Gasteiger charge is -2.41. The molecule has 2 atom stereocenters. The van der Waals surface area contributed by atoms with Gasteiger partial charge in [0, 0.05) is 48.7 Å². The zero-order chi connectivity index (χ0) is 25.1. The Labute approximate surface area is 212 Å². The summed E-state index contributed by atoms with van der Waals surface area (Å²) in [6.45, 7) is 11.0. The van der Waals surface area contributed by atoms with Gasteiger partial charge in [-0.15, -0.1) is 0 Å². The van der Waals surface area contributed by atoms with Gasteiger partial charge in [0.05, 0.1) is 5.92 Å². The highest BCUT2D eigenvalue weighted by molar-refractivity contribution is 6.31. The number of fused-ring (bicyclic) bond motifs is 2. The van der Waals surface area contributed by atoms with Gasteiger partial charge < -0.3 is 4.90 Å². The van der Waals surface area contributed by atoms with E-state index in [1.807, 2.05) is 4.90 Å². The predicted molar refractivity (Wildman–Crippen MR) is 136 cm³/mol. The van der Waals surface area contributed by atoms with E-state index in [0.29, 0.717) is 31.7 Å². The highest BCUT2D eigenvalue weighted by Gasteiger charge is 2.47. The van der Waals surface area contributed by atoms with Crippen molar-refractivity contribution in [2.75, 3.05) is 26.2 Å². The number of benzene rings is 2. The third kappa shape index (κ3) is 4.40. The second-order valence-electron chi connectivity index (χ2n) is 11.8. The fourth-order valence-electron chi connectivity index (χ4n) is 6.58. The van der Waals surface area contributed by atoms with Crippen molar-refractivity contribution in [2.24, 2.45) is 5.92 Å². The van der Waals surface area contributed by atoms with Crippen molar-refractivity contribution in [1.29, 1.82) is 0 Å². The maximum Gasteiger partial charge on any atom is 0.227 e. The molecule has 35 heavy (non-hydrogen) atoms. The van der Waals surface area contributed by atoms with E-state index in [0.717, 1.165) is 42.3 Å². The van der Waals surface area contributed by atoms with Crippen molar-refractivity contribution >= 4 is 17.5 Å². The minimum Gasteiger partial charge on any atom is -0.342 e. The molecule has 1 amide bonds. The Kier molecular flexibility index (Phi) is 6.24. The van der Waals surface area contributed by atoms with Gasteiger partial charge in [-0.05, 0) is 93.2 Å². The van der Waals surface area contributed by atoms with Gasteiger partial charge in [0.25, 0.3) is 0 Å². The first kappa shape index (κ1) is 24.7. The van der Waals surface area contributed by atoms with Crippen LogP contribution in [0.3, 0.4) is 0 Å². The summed E-state index contributed by atoms with van der Waals surface area (Å²) in [6.07, 6.45) is 4.03. The number of halogens is 3. The highest BCUT2D eigenvalue weighted by Crippen LogP contribution is 2.48. The van der Waals surface area contributed by atoms with Crippen molar-refractivity contribution < 1.29 is 13.6 Å². The van der Waals surface area contributed by atoms with Gasteiger partial charge in [-0.25, -0.2) is 8.78 Å². The van der Waals surface area contributed by atoms with Crippen LogP contribution in [0.4, 0.5) is 8.78 Å². The van der Waals surface area contributed by atoms with Gasteiger partial charge in [-0.1, -0.05) is 23.7 Å². The second-order valence-corrected chi connectivity index (χ2v) is 12.2. The van der Waals surface area contributed by atoms with E-state index in [-0.39, 0.29) is 28.7 Å². The van der Waals surface area contributed by atoms with E-state index in [1.54, 1.807) is 0 Å². The Balaban J connectivity index is 1.36. The molecule has 0 bridgehead atoms. The topological polar surface area (TPSA) is 23.6 Å². The number of piperidine rings is 1. The molecule has 0 saturated carbocycles. The Bertz CT molecular complexity index is 1150. The highest BCUT2D eigenvalue weighted by atomic mass is 35.5. The largest absolute Gasteiger partial charge is 0.342 e. The van der Waals surface area contributed by atoms with E-state index in [2.05, 4.69) is 44.7 Å². The molecule has 0 aromatic heterocycles. The van der Waals surface area contributed by atoms with Crippen LogP contribution in [0.1, 0.15) is 68.2 Å². The van der Waals surface area contributed by atoms with Crippen molar-refractivity contribution in [3.63, 3.8) is 0 Å². The third-order valence-electron chi connectivity index (χ3n) is 8.81. The fourth-order valence-corrected chi connectivity index (χ4v) is 6.74. The smallest absolute Gasteiger partial charge is 0.227 e. The van der Waals surface area contributed by atoms with Gasteiger partial charge in [0.15, 0.2) is 0 Å². The Morgan fingerprint density at radius 1 is 1.06 bits per heavy atom. The number of amides is 1. The lowest BCUT2D eigenvalue weighted by molar-refractivity contribution is -0.137. The van der Waals surface area contributed by atoms with E-state index < -0.39 is 11.6 Å². The summed E-state index contributed by atoms with van der Waals surface area (Å²) < 4.78 is 28.4. The first-order valence-corrected chi connectivity index (χ1v) is 13.1. The number of carbonyl (C=O) groups is 1. The number of nitrogens with zero attached hydrogens (tertiary/aromatic N) is 2. The van der Waals surface area contributed by atoms with Crippen LogP contribution >= 0.6 is 11.6 Å². The molecule has 0 radical (unpaired) electrons. The summed E-state index contributed by atoms with van der Waals surface area (Å²) in [5, 5.41) is 0.820. The average molecular weight is 501 g/mol. The zero-order valence-electron chi connectivity index (χ0n) is 21.1. The van der Waals surface area contributed by atoms with Crippen LogP contribution in [0.5, 0.6) is 0 Å². The van der Waals surface area contributed by atoms with E-state index in [4.69, 9.17) is 11.6 Å². The summed E-state index contributed by atoms with van der Waals surface area (Å²) >= 11 is 6.48. The quantitative estimate of drug-likeness (QED) is 0.486. The molecule has 2 saturated heterocycles. The van der Waals surface area contributed by atoms with Crippen LogP contribution < -0.4 is 0 Å². The molecule has 5 rings (SSSR count). The molecule has 3 nitrogen and oxygen atoms in total. The van der Waals surface area contributed by atoms with Crippen LogP contribution in [0.15, 0.2) is 30.3 Å². The second kappa shape index (κ2) is 8.85. The number of likely N-dealkylation sites (tertiary alicyclic amines) is 2. The summed E-state index contributed by atoms with van der Waals surface area (Å²) in [6, 6.07) is 8.14. The van der Waals surface area contributed by atoms with Crippen molar-refractivity contribution in [2.45, 2.75) is 70.3 Å². The minimum atomic E-state index is -0.590.